The summed E-state index contributed by atoms with van der Waals surface area (Å²) in [5, 5.41) is 14.0. The first kappa shape index (κ1) is 13.4. The molecule has 6 heteroatoms. The van der Waals surface area contributed by atoms with E-state index < -0.39 is 0 Å². The lowest BCUT2D eigenvalue weighted by atomic mass is 10.1. The number of anilines is 3. The van der Waals surface area contributed by atoms with Crippen molar-refractivity contribution >= 4 is 28.5 Å². The van der Waals surface area contributed by atoms with Gasteiger partial charge in [-0.3, -0.25) is 5.10 Å². The van der Waals surface area contributed by atoms with Crippen molar-refractivity contribution < 1.29 is 0 Å². The summed E-state index contributed by atoms with van der Waals surface area (Å²) in [5.41, 5.74) is 3.05. The molecule has 3 aromatic rings. The lowest BCUT2D eigenvalue weighted by Gasteiger charge is -2.09. The number of nitrogens with zero attached hydrogens (tertiary/aromatic N) is 3. The SMILES string of the molecule is CCCc1ccc(Nc2nc(NC)nc3[nH]ncc23)cc1. The summed E-state index contributed by atoms with van der Waals surface area (Å²) in [5.74, 6) is 1.29. The molecule has 0 fully saturated rings. The summed E-state index contributed by atoms with van der Waals surface area (Å²) < 4.78 is 0. The maximum Gasteiger partial charge on any atom is 0.226 e. The quantitative estimate of drug-likeness (QED) is 0.670. The molecule has 0 spiro atoms. The van der Waals surface area contributed by atoms with E-state index in [0.29, 0.717) is 11.6 Å². The first-order valence-corrected chi connectivity index (χ1v) is 7.05. The zero-order chi connectivity index (χ0) is 14.7. The molecule has 6 nitrogen and oxygen atoms in total. The zero-order valence-electron chi connectivity index (χ0n) is 12.1. The van der Waals surface area contributed by atoms with Gasteiger partial charge in [-0.1, -0.05) is 25.5 Å². The Morgan fingerprint density at radius 1 is 1.14 bits per heavy atom. The van der Waals surface area contributed by atoms with Gasteiger partial charge in [-0.25, -0.2) is 0 Å². The van der Waals surface area contributed by atoms with Crippen molar-refractivity contribution in [3.8, 4) is 0 Å². The standard InChI is InChI=1S/C15H18N6/c1-3-4-10-5-7-11(8-6-10)18-13-12-9-17-21-14(12)20-15(16-2)19-13/h5-9H,3-4H2,1-2H3,(H3,16,17,18,19,20,21). The molecule has 2 aromatic heterocycles. The predicted octanol–water partition coefficient (Wildman–Crippen LogP) is 3.09. The molecule has 0 saturated carbocycles. The Bertz CT molecular complexity index is 732. The average Bonchev–Trinajstić information content (AvgIpc) is 2.98. The number of hydrogen-bond donors (Lipinski definition) is 3. The van der Waals surface area contributed by atoms with Crippen LogP contribution in [-0.2, 0) is 6.42 Å². The molecule has 0 atom stereocenters. The molecule has 0 saturated heterocycles. The minimum absolute atomic E-state index is 0.553. The van der Waals surface area contributed by atoms with E-state index in [2.05, 4.69) is 62.0 Å². The molecule has 21 heavy (non-hydrogen) atoms. The van der Waals surface area contributed by atoms with Gasteiger partial charge in [-0.15, -0.1) is 0 Å². The third-order valence-corrected chi connectivity index (χ3v) is 3.29. The molecule has 0 aliphatic carbocycles. The van der Waals surface area contributed by atoms with Crippen LogP contribution in [0.1, 0.15) is 18.9 Å². The second-order valence-electron chi connectivity index (χ2n) is 4.85. The average molecular weight is 282 g/mol. The molecule has 3 rings (SSSR count). The highest BCUT2D eigenvalue weighted by Gasteiger charge is 2.09. The van der Waals surface area contributed by atoms with Gasteiger partial charge in [0.1, 0.15) is 5.82 Å². The van der Waals surface area contributed by atoms with Gasteiger partial charge in [-0.2, -0.15) is 15.1 Å². The Balaban J connectivity index is 1.91. The fourth-order valence-corrected chi connectivity index (χ4v) is 2.22. The second-order valence-corrected chi connectivity index (χ2v) is 4.85. The van der Waals surface area contributed by atoms with Gasteiger partial charge in [0.05, 0.1) is 11.6 Å². The van der Waals surface area contributed by atoms with Gasteiger partial charge in [0, 0.05) is 12.7 Å². The summed E-state index contributed by atoms with van der Waals surface area (Å²) in [7, 11) is 1.79. The second kappa shape index (κ2) is 5.78. The van der Waals surface area contributed by atoms with Gasteiger partial charge in [0.25, 0.3) is 0 Å². The van der Waals surface area contributed by atoms with Crippen LogP contribution >= 0.6 is 0 Å². The van der Waals surface area contributed by atoms with Crippen LogP contribution in [0.15, 0.2) is 30.5 Å². The van der Waals surface area contributed by atoms with E-state index in [-0.39, 0.29) is 0 Å². The van der Waals surface area contributed by atoms with Gasteiger partial charge in [0.15, 0.2) is 5.65 Å². The highest BCUT2D eigenvalue weighted by molar-refractivity contribution is 5.88. The fourth-order valence-electron chi connectivity index (χ4n) is 2.22. The fraction of sp³-hybridized carbons (Fsp3) is 0.267. The van der Waals surface area contributed by atoms with E-state index in [4.69, 9.17) is 0 Å². The molecular weight excluding hydrogens is 264 g/mol. The number of fused-ring (bicyclic) bond motifs is 1. The zero-order valence-corrected chi connectivity index (χ0v) is 12.1. The largest absolute Gasteiger partial charge is 0.357 e. The van der Waals surface area contributed by atoms with Crippen molar-refractivity contribution in [2.24, 2.45) is 0 Å². The van der Waals surface area contributed by atoms with Crippen LogP contribution in [0.5, 0.6) is 0 Å². The van der Waals surface area contributed by atoms with Gasteiger partial charge in [0.2, 0.25) is 5.95 Å². The van der Waals surface area contributed by atoms with Gasteiger partial charge >= 0.3 is 0 Å². The van der Waals surface area contributed by atoms with Crippen molar-refractivity contribution in [1.29, 1.82) is 0 Å². The maximum absolute atomic E-state index is 4.45. The summed E-state index contributed by atoms with van der Waals surface area (Å²) in [4.78, 5) is 8.77. The van der Waals surface area contributed by atoms with Crippen LogP contribution in [-0.4, -0.2) is 27.2 Å². The molecule has 108 valence electrons. The number of aromatic amines is 1. The van der Waals surface area contributed by atoms with Crippen LogP contribution in [0.2, 0.25) is 0 Å². The van der Waals surface area contributed by atoms with Crippen molar-refractivity contribution in [3.05, 3.63) is 36.0 Å². The number of benzene rings is 1. The summed E-state index contributed by atoms with van der Waals surface area (Å²) in [6.07, 6.45) is 3.98. The number of H-pyrrole nitrogens is 1. The van der Waals surface area contributed by atoms with Crippen molar-refractivity contribution in [2.75, 3.05) is 17.7 Å². The number of hydrogen-bond acceptors (Lipinski definition) is 5. The van der Waals surface area contributed by atoms with Crippen LogP contribution in [0.25, 0.3) is 11.0 Å². The number of aromatic nitrogens is 4. The molecule has 0 aliphatic heterocycles. The Morgan fingerprint density at radius 2 is 1.95 bits per heavy atom. The number of rotatable bonds is 5. The molecule has 0 radical (unpaired) electrons. The van der Waals surface area contributed by atoms with Crippen molar-refractivity contribution in [3.63, 3.8) is 0 Å². The summed E-state index contributed by atoms with van der Waals surface area (Å²) >= 11 is 0. The van der Waals surface area contributed by atoms with Crippen molar-refractivity contribution in [2.45, 2.75) is 19.8 Å². The maximum atomic E-state index is 4.45. The third-order valence-electron chi connectivity index (χ3n) is 3.29. The highest BCUT2D eigenvalue weighted by Crippen LogP contribution is 2.24. The minimum atomic E-state index is 0.553. The Hall–Kier alpha value is -2.63. The minimum Gasteiger partial charge on any atom is -0.357 e. The van der Waals surface area contributed by atoms with Crippen molar-refractivity contribution in [1.82, 2.24) is 20.2 Å². The summed E-state index contributed by atoms with van der Waals surface area (Å²) in [6, 6.07) is 8.41. The monoisotopic (exact) mass is 282 g/mol. The van der Waals surface area contributed by atoms with E-state index >= 15 is 0 Å². The lowest BCUT2D eigenvalue weighted by molar-refractivity contribution is 0.922. The van der Waals surface area contributed by atoms with Crippen LogP contribution < -0.4 is 10.6 Å². The van der Waals surface area contributed by atoms with Crippen LogP contribution in [0, 0.1) is 0 Å². The Morgan fingerprint density at radius 3 is 2.67 bits per heavy atom. The highest BCUT2D eigenvalue weighted by atomic mass is 15.2. The molecule has 3 N–H and O–H groups in total. The molecule has 0 amide bonds. The van der Waals surface area contributed by atoms with Crippen LogP contribution in [0.4, 0.5) is 17.5 Å². The van der Waals surface area contributed by atoms with Gasteiger partial charge in [-0.05, 0) is 24.1 Å². The number of nitrogens with one attached hydrogen (secondary N) is 3. The van der Waals surface area contributed by atoms with E-state index in [9.17, 15) is 0 Å². The van der Waals surface area contributed by atoms with E-state index in [1.54, 1.807) is 13.2 Å². The molecule has 0 aliphatic rings. The first-order chi connectivity index (χ1) is 10.3. The van der Waals surface area contributed by atoms with E-state index in [1.807, 2.05) is 0 Å². The third kappa shape index (κ3) is 2.79. The first-order valence-electron chi connectivity index (χ1n) is 7.05. The number of aryl methyl sites for hydroxylation is 1. The topological polar surface area (TPSA) is 78.5 Å². The van der Waals surface area contributed by atoms with E-state index in [0.717, 1.165) is 29.7 Å². The van der Waals surface area contributed by atoms with Crippen LogP contribution in [0.3, 0.4) is 0 Å². The Labute approximate surface area is 123 Å². The normalized spacial score (nSPS) is 10.8. The summed E-state index contributed by atoms with van der Waals surface area (Å²) in [6.45, 7) is 2.18. The van der Waals surface area contributed by atoms with E-state index in [1.165, 1.54) is 5.56 Å². The molecule has 0 bridgehead atoms. The molecule has 1 aromatic carbocycles. The van der Waals surface area contributed by atoms with Gasteiger partial charge < -0.3 is 10.6 Å². The molecule has 2 heterocycles. The smallest absolute Gasteiger partial charge is 0.226 e. The lowest BCUT2D eigenvalue weighted by Crippen LogP contribution is -2.01. The predicted molar refractivity (Wildman–Crippen MR) is 85.0 cm³/mol. The Kier molecular flexibility index (Phi) is 3.68. The molecular formula is C15H18N6. The molecule has 0 unspecified atom stereocenters.